The number of aromatic nitrogens is 3. The van der Waals surface area contributed by atoms with Crippen LogP contribution in [0, 0.1) is 0 Å². The van der Waals surface area contributed by atoms with E-state index < -0.39 is 0 Å². The zero-order valence-corrected chi connectivity index (χ0v) is 15.9. The summed E-state index contributed by atoms with van der Waals surface area (Å²) in [6, 6.07) is 9.09. The number of hydrogen-bond acceptors (Lipinski definition) is 4. The van der Waals surface area contributed by atoms with Crippen LogP contribution in [0.25, 0.3) is 22.2 Å². The van der Waals surface area contributed by atoms with Crippen LogP contribution in [0.3, 0.4) is 0 Å². The Morgan fingerprint density at radius 1 is 1.31 bits per heavy atom. The van der Waals surface area contributed by atoms with E-state index in [4.69, 9.17) is 16.6 Å². The van der Waals surface area contributed by atoms with E-state index in [1.807, 2.05) is 18.3 Å². The third-order valence-electron chi connectivity index (χ3n) is 5.10. The van der Waals surface area contributed by atoms with E-state index in [2.05, 4.69) is 46.2 Å². The first-order valence-corrected chi connectivity index (χ1v) is 9.59. The van der Waals surface area contributed by atoms with Crippen LogP contribution >= 0.6 is 11.6 Å². The van der Waals surface area contributed by atoms with Crippen LogP contribution in [0.15, 0.2) is 36.7 Å². The molecule has 0 radical (unpaired) electrons. The quantitative estimate of drug-likeness (QED) is 0.707. The lowest BCUT2D eigenvalue weighted by Gasteiger charge is -2.35. The van der Waals surface area contributed by atoms with E-state index in [0.717, 1.165) is 41.7 Å². The molecule has 136 valence electrons. The summed E-state index contributed by atoms with van der Waals surface area (Å²) in [6.07, 6.45) is 5.98. The van der Waals surface area contributed by atoms with Gasteiger partial charge in [-0.15, -0.1) is 0 Å². The van der Waals surface area contributed by atoms with Gasteiger partial charge in [-0.1, -0.05) is 29.8 Å². The molecule has 1 aromatic carbocycles. The van der Waals surface area contributed by atoms with Gasteiger partial charge in [0.05, 0.1) is 16.9 Å². The summed E-state index contributed by atoms with van der Waals surface area (Å²) in [6.45, 7) is 6.68. The number of aromatic amines is 1. The number of nitrogens with one attached hydrogen (secondary N) is 2. The number of likely N-dealkylation sites (tertiary alicyclic amines) is 1. The molecule has 4 rings (SSSR count). The average Bonchev–Trinajstić information content (AvgIpc) is 3.07. The van der Waals surface area contributed by atoms with Gasteiger partial charge in [-0.25, -0.2) is 9.97 Å². The van der Waals surface area contributed by atoms with Crippen molar-refractivity contribution in [2.45, 2.75) is 38.8 Å². The van der Waals surface area contributed by atoms with Gasteiger partial charge in [0, 0.05) is 41.3 Å². The van der Waals surface area contributed by atoms with Crippen molar-refractivity contribution in [2.75, 3.05) is 18.4 Å². The number of piperidine rings is 1. The maximum absolute atomic E-state index is 6.42. The lowest BCUT2D eigenvalue weighted by atomic mass is 10.0. The first-order valence-electron chi connectivity index (χ1n) is 9.21. The van der Waals surface area contributed by atoms with E-state index in [1.54, 1.807) is 6.20 Å². The minimum atomic E-state index is 0.364. The highest BCUT2D eigenvalue weighted by atomic mass is 35.5. The first kappa shape index (κ1) is 17.3. The fraction of sp³-hybridized carbons (Fsp3) is 0.400. The first-order chi connectivity index (χ1) is 12.6. The predicted molar refractivity (Wildman–Crippen MR) is 108 cm³/mol. The molecular formula is C20H24ClN5. The summed E-state index contributed by atoms with van der Waals surface area (Å²) in [7, 11) is 0. The molecular weight excluding hydrogens is 346 g/mol. The Morgan fingerprint density at radius 3 is 3.00 bits per heavy atom. The minimum Gasteiger partial charge on any atom is -0.360 e. The third-order valence-corrected chi connectivity index (χ3v) is 5.38. The van der Waals surface area contributed by atoms with Gasteiger partial charge in [-0.05, 0) is 39.3 Å². The third kappa shape index (κ3) is 3.41. The van der Waals surface area contributed by atoms with E-state index >= 15 is 0 Å². The summed E-state index contributed by atoms with van der Waals surface area (Å²) >= 11 is 6.42. The van der Waals surface area contributed by atoms with E-state index in [0.29, 0.717) is 23.1 Å². The second-order valence-corrected chi connectivity index (χ2v) is 7.62. The number of hydrogen-bond donors (Lipinski definition) is 2. The minimum absolute atomic E-state index is 0.364. The SMILES string of the molecule is CC(C)N1CCCC(Nc2ncc(Cl)c(-c3c[nH]c4ccccc34)n2)C1. The van der Waals surface area contributed by atoms with Crippen molar-refractivity contribution in [3.63, 3.8) is 0 Å². The largest absolute Gasteiger partial charge is 0.360 e. The number of para-hydroxylation sites is 1. The second kappa shape index (κ2) is 7.25. The molecule has 0 aliphatic carbocycles. The second-order valence-electron chi connectivity index (χ2n) is 7.21. The van der Waals surface area contributed by atoms with Crippen molar-refractivity contribution in [1.29, 1.82) is 0 Å². The monoisotopic (exact) mass is 369 g/mol. The standard InChI is InChI=1S/C20H24ClN5/c1-13(2)26-9-5-6-14(12-26)24-20-23-11-17(21)19(25-20)16-10-22-18-8-4-3-7-15(16)18/h3-4,7-8,10-11,13-14,22H,5-6,9,12H2,1-2H3,(H,23,24,25). The highest BCUT2D eigenvalue weighted by Gasteiger charge is 2.22. The van der Waals surface area contributed by atoms with Gasteiger partial charge < -0.3 is 10.3 Å². The van der Waals surface area contributed by atoms with Crippen molar-refractivity contribution in [3.8, 4) is 11.3 Å². The number of halogens is 1. The van der Waals surface area contributed by atoms with Crippen LogP contribution in [0.2, 0.25) is 5.02 Å². The highest BCUT2D eigenvalue weighted by Crippen LogP contribution is 2.32. The van der Waals surface area contributed by atoms with Gasteiger partial charge in [0.15, 0.2) is 0 Å². The number of fused-ring (bicyclic) bond motifs is 1. The molecule has 6 heteroatoms. The fourth-order valence-corrected chi connectivity index (χ4v) is 3.86. The lowest BCUT2D eigenvalue weighted by molar-refractivity contribution is 0.174. The van der Waals surface area contributed by atoms with Crippen LogP contribution in [0.5, 0.6) is 0 Å². The van der Waals surface area contributed by atoms with E-state index in [9.17, 15) is 0 Å². The van der Waals surface area contributed by atoms with Gasteiger partial charge in [-0.3, -0.25) is 4.90 Å². The van der Waals surface area contributed by atoms with Crippen LogP contribution in [-0.2, 0) is 0 Å². The molecule has 1 unspecified atom stereocenters. The number of nitrogens with zero attached hydrogens (tertiary/aromatic N) is 3. The van der Waals surface area contributed by atoms with Crippen molar-refractivity contribution in [2.24, 2.45) is 0 Å². The molecule has 0 bridgehead atoms. The van der Waals surface area contributed by atoms with E-state index in [-0.39, 0.29) is 0 Å². The predicted octanol–water partition coefficient (Wildman–Crippen LogP) is 4.56. The Labute approximate surface area is 158 Å². The number of rotatable bonds is 4. The topological polar surface area (TPSA) is 56.8 Å². The molecule has 1 aliphatic rings. The molecule has 1 fully saturated rings. The Hall–Kier alpha value is -2.11. The van der Waals surface area contributed by atoms with Gasteiger partial charge in [0.1, 0.15) is 0 Å². The van der Waals surface area contributed by atoms with Gasteiger partial charge in [0.2, 0.25) is 5.95 Å². The number of anilines is 1. The fourth-order valence-electron chi connectivity index (χ4n) is 3.67. The van der Waals surface area contributed by atoms with Crippen molar-refractivity contribution in [1.82, 2.24) is 19.9 Å². The van der Waals surface area contributed by atoms with Crippen molar-refractivity contribution >= 4 is 28.5 Å². The molecule has 1 aliphatic heterocycles. The molecule has 0 saturated carbocycles. The summed E-state index contributed by atoms with van der Waals surface area (Å²) < 4.78 is 0. The molecule has 26 heavy (non-hydrogen) atoms. The number of H-pyrrole nitrogens is 1. The van der Waals surface area contributed by atoms with E-state index in [1.165, 1.54) is 6.42 Å². The molecule has 1 saturated heterocycles. The summed E-state index contributed by atoms with van der Waals surface area (Å²) in [5, 5.41) is 5.19. The lowest BCUT2D eigenvalue weighted by Crippen LogP contribution is -2.45. The molecule has 3 aromatic rings. The molecule has 2 aromatic heterocycles. The van der Waals surface area contributed by atoms with Crippen LogP contribution < -0.4 is 5.32 Å². The Kier molecular flexibility index (Phi) is 4.83. The van der Waals surface area contributed by atoms with Gasteiger partial charge in [-0.2, -0.15) is 0 Å². The maximum Gasteiger partial charge on any atom is 0.223 e. The summed E-state index contributed by atoms with van der Waals surface area (Å²) in [4.78, 5) is 14.9. The molecule has 0 amide bonds. The zero-order chi connectivity index (χ0) is 18.1. The van der Waals surface area contributed by atoms with Crippen LogP contribution in [0.1, 0.15) is 26.7 Å². The smallest absolute Gasteiger partial charge is 0.223 e. The Morgan fingerprint density at radius 2 is 2.15 bits per heavy atom. The van der Waals surface area contributed by atoms with Gasteiger partial charge >= 0.3 is 0 Å². The number of benzene rings is 1. The van der Waals surface area contributed by atoms with Gasteiger partial charge in [0.25, 0.3) is 0 Å². The van der Waals surface area contributed by atoms with Crippen LogP contribution in [-0.4, -0.2) is 45.0 Å². The summed E-state index contributed by atoms with van der Waals surface area (Å²) in [5.41, 5.74) is 2.84. The molecule has 0 spiro atoms. The molecule has 3 heterocycles. The Balaban J connectivity index is 1.61. The summed E-state index contributed by atoms with van der Waals surface area (Å²) in [5.74, 6) is 0.644. The van der Waals surface area contributed by atoms with Crippen molar-refractivity contribution in [3.05, 3.63) is 41.7 Å². The molecule has 2 N–H and O–H groups in total. The highest BCUT2D eigenvalue weighted by molar-refractivity contribution is 6.33. The van der Waals surface area contributed by atoms with Crippen LogP contribution in [0.4, 0.5) is 5.95 Å². The maximum atomic E-state index is 6.42. The zero-order valence-electron chi connectivity index (χ0n) is 15.2. The normalized spacial score (nSPS) is 18.5. The average molecular weight is 370 g/mol. The molecule has 1 atom stereocenters. The van der Waals surface area contributed by atoms with Crippen molar-refractivity contribution < 1.29 is 0 Å². The Bertz CT molecular complexity index is 904. The molecule has 5 nitrogen and oxygen atoms in total.